The molecule has 402 valence electrons. The molecule has 11 heteroatoms. The molecule has 1 aliphatic rings. The highest BCUT2D eigenvalue weighted by Gasteiger charge is 2.44. The van der Waals surface area contributed by atoms with E-state index in [1.165, 1.54) is 109 Å². The maximum atomic E-state index is 13.1. The van der Waals surface area contributed by atoms with Crippen LogP contribution in [0, 0.1) is 0 Å². The van der Waals surface area contributed by atoms with E-state index >= 15 is 0 Å². The predicted molar refractivity (Wildman–Crippen MR) is 284 cm³/mol. The van der Waals surface area contributed by atoms with Gasteiger partial charge in [-0.25, -0.2) is 0 Å². The largest absolute Gasteiger partial charge is 0.394 e. The molecule has 0 saturated carbocycles. The third-order valence-corrected chi connectivity index (χ3v) is 13.2. The minimum Gasteiger partial charge on any atom is -0.394 e. The zero-order chi connectivity index (χ0) is 50.4. The Balaban J connectivity index is 2.37. The maximum Gasteiger partial charge on any atom is 0.249 e. The number of unbranched alkanes of at least 4 members (excludes halogenated alkanes) is 25. The van der Waals surface area contributed by atoms with Gasteiger partial charge in [0.2, 0.25) is 5.91 Å². The van der Waals surface area contributed by atoms with Crippen LogP contribution in [0.1, 0.15) is 232 Å². The third kappa shape index (κ3) is 35.6. The summed E-state index contributed by atoms with van der Waals surface area (Å²) >= 11 is 0. The maximum absolute atomic E-state index is 13.1. The van der Waals surface area contributed by atoms with Crippen LogP contribution in [0.4, 0.5) is 0 Å². The second kappa shape index (κ2) is 46.9. The SMILES string of the molecule is CCCCC/C=C\C/C=C\CCCCCCCCC(O)C(=O)NC(COC1OC(CO)C(O)C(O)C1O)C(O)C(O)CCC/C=C/CC/C=C/CC/C=C/CCCCCCCCCCCCCCC. The molecule has 1 saturated heterocycles. The van der Waals surface area contributed by atoms with E-state index in [1.807, 2.05) is 0 Å². The van der Waals surface area contributed by atoms with Crippen LogP contribution in [0.2, 0.25) is 0 Å². The van der Waals surface area contributed by atoms with Gasteiger partial charge in [0.15, 0.2) is 6.29 Å². The summed E-state index contributed by atoms with van der Waals surface area (Å²) in [5.41, 5.74) is 0. The van der Waals surface area contributed by atoms with Crippen LogP contribution in [0.5, 0.6) is 0 Å². The Bertz CT molecular complexity index is 1300. The normalized spacial score (nSPS) is 20.9. The number of rotatable bonds is 47. The van der Waals surface area contributed by atoms with Gasteiger partial charge in [-0.15, -0.1) is 0 Å². The quantitative estimate of drug-likeness (QED) is 0.0215. The number of carbonyl (C=O) groups is 1. The fourth-order valence-electron chi connectivity index (χ4n) is 8.62. The van der Waals surface area contributed by atoms with E-state index in [1.54, 1.807) is 0 Å². The van der Waals surface area contributed by atoms with Gasteiger partial charge in [-0.2, -0.15) is 0 Å². The summed E-state index contributed by atoms with van der Waals surface area (Å²) in [6.07, 6.45) is 48.5. The van der Waals surface area contributed by atoms with Gasteiger partial charge >= 0.3 is 0 Å². The second-order valence-corrected chi connectivity index (χ2v) is 19.6. The Morgan fingerprint density at radius 2 is 0.913 bits per heavy atom. The third-order valence-electron chi connectivity index (χ3n) is 13.2. The molecule has 9 atom stereocenters. The molecule has 1 aliphatic heterocycles. The first kappa shape index (κ1) is 64.8. The standard InChI is InChI=1S/C58H105NO10/c1-3-5-7-9-11-13-15-17-19-21-22-23-24-25-26-27-28-29-30-32-33-35-37-39-41-43-45-50(61)53(63)49(48-68-58-56(66)55(65)54(64)52(47-60)69-58)59-57(67)51(62)46-44-42-40-38-36-34-31-20-18-16-14-12-10-8-6-4-2/h12,14,18,20,26-27,30,32,37,39,49-56,58,60-66H,3-11,13,15-17,19,21-25,28-29,31,33-36,38,40-48H2,1-2H3,(H,59,67)/b14-12-,20-18-,27-26+,32-30+,39-37+. The lowest BCUT2D eigenvalue weighted by molar-refractivity contribution is -0.303. The molecule has 11 nitrogen and oxygen atoms in total. The van der Waals surface area contributed by atoms with E-state index in [-0.39, 0.29) is 12.8 Å². The average Bonchev–Trinajstić information content (AvgIpc) is 3.35. The zero-order valence-electron chi connectivity index (χ0n) is 43.8. The van der Waals surface area contributed by atoms with Crippen molar-refractivity contribution in [1.82, 2.24) is 5.32 Å². The van der Waals surface area contributed by atoms with Crippen LogP contribution in [-0.4, -0.2) is 110 Å². The fourth-order valence-corrected chi connectivity index (χ4v) is 8.62. The van der Waals surface area contributed by atoms with Crippen molar-refractivity contribution in [3.63, 3.8) is 0 Å². The Hall–Kier alpha value is -2.19. The summed E-state index contributed by atoms with van der Waals surface area (Å²) in [5, 5.41) is 76.0. The molecule has 0 aliphatic carbocycles. The number of hydrogen-bond donors (Lipinski definition) is 8. The summed E-state index contributed by atoms with van der Waals surface area (Å²) in [6.45, 7) is 3.40. The van der Waals surface area contributed by atoms with Crippen molar-refractivity contribution in [2.24, 2.45) is 0 Å². The highest BCUT2D eigenvalue weighted by Crippen LogP contribution is 2.23. The van der Waals surface area contributed by atoms with Crippen LogP contribution >= 0.6 is 0 Å². The molecule has 8 N–H and O–H groups in total. The molecule has 1 rings (SSSR count). The van der Waals surface area contributed by atoms with Crippen molar-refractivity contribution in [2.45, 2.75) is 287 Å². The molecule has 0 radical (unpaired) electrons. The van der Waals surface area contributed by atoms with Gasteiger partial charge in [0.05, 0.1) is 25.4 Å². The highest BCUT2D eigenvalue weighted by molar-refractivity contribution is 5.80. The van der Waals surface area contributed by atoms with Crippen LogP contribution in [0.15, 0.2) is 60.8 Å². The molecular formula is C58H105NO10. The first-order valence-corrected chi connectivity index (χ1v) is 28.2. The van der Waals surface area contributed by atoms with Crippen molar-refractivity contribution < 1.29 is 50.0 Å². The summed E-state index contributed by atoms with van der Waals surface area (Å²) in [7, 11) is 0. The van der Waals surface area contributed by atoms with Gasteiger partial charge in [-0.05, 0) is 96.3 Å². The van der Waals surface area contributed by atoms with Crippen molar-refractivity contribution in [2.75, 3.05) is 13.2 Å². The molecule has 69 heavy (non-hydrogen) atoms. The molecule has 0 spiro atoms. The summed E-state index contributed by atoms with van der Waals surface area (Å²) < 4.78 is 11.1. The Kier molecular flexibility index (Phi) is 44.0. The number of amides is 1. The van der Waals surface area contributed by atoms with E-state index in [2.05, 4.69) is 79.9 Å². The van der Waals surface area contributed by atoms with Gasteiger partial charge in [-0.3, -0.25) is 4.79 Å². The first-order chi connectivity index (χ1) is 33.7. The molecule has 1 fully saturated rings. The molecule has 1 heterocycles. The van der Waals surface area contributed by atoms with Crippen molar-refractivity contribution in [1.29, 1.82) is 0 Å². The number of nitrogens with one attached hydrogen (secondary N) is 1. The number of carbonyl (C=O) groups excluding carboxylic acids is 1. The van der Waals surface area contributed by atoms with E-state index in [9.17, 15) is 40.5 Å². The number of hydrogen-bond acceptors (Lipinski definition) is 10. The number of aliphatic hydroxyl groups is 7. The molecule has 0 aromatic heterocycles. The zero-order valence-corrected chi connectivity index (χ0v) is 43.8. The fraction of sp³-hybridized carbons (Fsp3) is 0.810. The van der Waals surface area contributed by atoms with Gasteiger partial charge in [-0.1, -0.05) is 197 Å². The average molecular weight is 976 g/mol. The van der Waals surface area contributed by atoms with E-state index in [0.717, 1.165) is 77.0 Å². The molecule has 1 amide bonds. The van der Waals surface area contributed by atoms with E-state index in [4.69, 9.17) is 9.47 Å². The van der Waals surface area contributed by atoms with Crippen LogP contribution in [-0.2, 0) is 14.3 Å². The first-order valence-electron chi connectivity index (χ1n) is 28.2. The van der Waals surface area contributed by atoms with Gasteiger partial charge in [0, 0.05) is 0 Å². The Morgan fingerprint density at radius 1 is 0.507 bits per heavy atom. The molecular weight excluding hydrogens is 871 g/mol. The number of allylic oxidation sites excluding steroid dienone is 10. The molecule has 0 aromatic rings. The molecule has 0 bridgehead atoms. The predicted octanol–water partition coefficient (Wildman–Crippen LogP) is 11.5. The number of ether oxygens (including phenoxy) is 2. The minimum atomic E-state index is -1.68. The smallest absolute Gasteiger partial charge is 0.249 e. The lowest BCUT2D eigenvalue weighted by atomic mass is 9.98. The molecule has 0 aromatic carbocycles. The lowest BCUT2D eigenvalue weighted by Crippen LogP contribution is -2.60. The van der Waals surface area contributed by atoms with Crippen molar-refractivity contribution in [3.05, 3.63) is 60.8 Å². The van der Waals surface area contributed by atoms with Gasteiger partial charge in [0.1, 0.15) is 36.6 Å². The molecule has 9 unspecified atom stereocenters. The lowest BCUT2D eigenvalue weighted by Gasteiger charge is -2.40. The van der Waals surface area contributed by atoms with Crippen LogP contribution < -0.4 is 5.32 Å². The van der Waals surface area contributed by atoms with Crippen LogP contribution in [0.3, 0.4) is 0 Å². The Morgan fingerprint density at radius 3 is 1.41 bits per heavy atom. The van der Waals surface area contributed by atoms with Crippen LogP contribution in [0.25, 0.3) is 0 Å². The van der Waals surface area contributed by atoms with Crippen molar-refractivity contribution in [3.8, 4) is 0 Å². The summed E-state index contributed by atoms with van der Waals surface area (Å²) in [4.78, 5) is 13.1. The van der Waals surface area contributed by atoms with Gasteiger partial charge < -0.3 is 50.5 Å². The van der Waals surface area contributed by atoms with E-state index in [0.29, 0.717) is 19.3 Å². The van der Waals surface area contributed by atoms with Crippen molar-refractivity contribution >= 4 is 5.91 Å². The second-order valence-electron chi connectivity index (χ2n) is 19.6. The minimum absolute atomic E-state index is 0.235. The summed E-state index contributed by atoms with van der Waals surface area (Å²) in [6, 6.07) is -1.20. The highest BCUT2D eigenvalue weighted by atomic mass is 16.7. The topological polar surface area (TPSA) is 189 Å². The monoisotopic (exact) mass is 976 g/mol. The van der Waals surface area contributed by atoms with E-state index < -0.39 is 74.2 Å². The summed E-state index contributed by atoms with van der Waals surface area (Å²) in [5.74, 6) is -0.722. The Labute approximate surface area is 421 Å². The van der Waals surface area contributed by atoms with Gasteiger partial charge in [0.25, 0.3) is 0 Å². The number of aliphatic hydroxyl groups excluding tert-OH is 7.